The predicted molar refractivity (Wildman–Crippen MR) is 93.0 cm³/mol. The zero-order valence-electron chi connectivity index (χ0n) is 14.4. The molecule has 1 aliphatic heterocycles. The molecule has 1 aromatic carbocycles. The minimum Gasteiger partial charge on any atom is -0.497 e. The molecule has 6 heteroatoms. The summed E-state index contributed by atoms with van der Waals surface area (Å²) in [5, 5.41) is 2.74. The molecule has 6 rings (SSSR count). The molecule has 26 heavy (non-hydrogen) atoms. The van der Waals surface area contributed by atoms with Crippen LogP contribution in [-0.4, -0.2) is 36.3 Å². The quantitative estimate of drug-likeness (QED) is 0.661. The van der Waals surface area contributed by atoms with E-state index in [-0.39, 0.29) is 47.9 Å². The van der Waals surface area contributed by atoms with Gasteiger partial charge in [0, 0.05) is 5.69 Å². The first-order valence-electron chi connectivity index (χ1n) is 9.06. The molecule has 1 saturated heterocycles. The van der Waals surface area contributed by atoms with E-state index in [0.29, 0.717) is 23.3 Å². The van der Waals surface area contributed by atoms with Crippen molar-refractivity contribution in [2.24, 2.45) is 35.5 Å². The summed E-state index contributed by atoms with van der Waals surface area (Å²) in [6, 6.07) is 6.93. The van der Waals surface area contributed by atoms with Crippen molar-refractivity contribution in [3.05, 3.63) is 36.4 Å². The molecule has 0 spiro atoms. The second-order valence-corrected chi connectivity index (χ2v) is 7.69. The predicted octanol–water partition coefficient (Wildman–Crippen LogP) is 1.69. The number of nitrogens with zero attached hydrogens (tertiary/aromatic N) is 1. The maximum Gasteiger partial charge on any atom is 0.244 e. The standard InChI is InChI=1S/C20H20N2O4/c1-26-11-4-2-10(3-5-11)21-16(23)9-22-19(24)17-12-6-7-13(15-8-14(12)15)18(17)20(22)25/h2-7,12-15,17-18H,8-9H2,1H3,(H,21,23)/t12-,13-,14-,15-,17-,18+/m1/s1. The number of benzene rings is 1. The van der Waals surface area contributed by atoms with E-state index in [1.807, 2.05) is 0 Å². The van der Waals surface area contributed by atoms with Crippen molar-refractivity contribution in [3.63, 3.8) is 0 Å². The summed E-state index contributed by atoms with van der Waals surface area (Å²) in [5.41, 5.74) is 0.607. The number of likely N-dealkylation sites (tertiary alicyclic amines) is 1. The number of imide groups is 1. The monoisotopic (exact) mass is 352 g/mol. The van der Waals surface area contributed by atoms with Crippen molar-refractivity contribution in [3.8, 4) is 5.75 Å². The van der Waals surface area contributed by atoms with Gasteiger partial charge in [-0.2, -0.15) is 0 Å². The van der Waals surface area contributed by atoms with E-state index < -0.39 is 0 Å². The molecule has 2 saturated carbocycles. The number of amides is 3. The molecule has 4 aliphatic carbocycles. The minimum absolute atomic E-state index is 0.172. The summed E-state index contributed by atoms with van der Waals surface area (Å²) in [6.07, 6.45) is 5.39. The van der Waals surface area contributed by atoms with Gasteiger partial charge < -0.3 is 10.1 Å². The fourth-order valence-electron chi connectivity index (χ4n) is 5.19. The largest absolute Gasteiger partial charge is 0.497 e. The Kier molecular flexibility index (Phi) is 3.26. The van der Waals surface area contributed by atoms with Crippen LogP contribution < -0.4 is 10.1 Å². The van der Waals surface area contributed by atoms with Crippen LogP contribution in [0.4, 0.5) is 5.69 Å². The molecule has 1 aromatic rings. The van der Waals surface area contributed by atoms with E-state index in [1.165, 1.54) is 4.90 Å². The molecule has 3 amide bonds. The van der Waals surface area contributed by atoms with Gasteiger partial charge in [-0.15, -0.1) is 0 Å². The number of nitrogens with one attached hydrogen (secondary N) is 1. The van der Waals surface area contributed by atoms with E-state index in [9.17, 15) is 14.4 Å². The van der Waals surface area contributed by atoms with Crippen LogP contribution in [0.1, 0.15) is 6.42 Å². The van der Waals surface area contributed by atoms with Crippen molar-refractivity contribution in [1.29, 1.82) is 0 Å². The molecule has 5 aliphatic rings. The minimum atomic E-state index is -0.360. The van der Waals surface area contributed by atoms with E-state index in [2.05, 4.69) is 17.5 Å². The molecule has 3 fully saturated rings. The zero-order chi connectivity index (χ0) is 18.0. The average molecular weight is 352 g/mol. The van der Waals surface area contributed by atoms with Gasteiger partial charge in [-0.05, 0) is 54.4 Å². The van der Waals surface area contributed by atoms with Gasteiger partial charge in [0.05, 0.1) is 18.9 Å². The maximum absolute atomic E-state index is 12.9. The Balaban J connectivity index is 1.30. The fraction of sp³-hybridized carbons (Fsp3) is 0.450. The number of carbonyl (C=O) groups excluding carboxylic acids is 3. The first-order chi connectivity index (χ1) is 12.6. The van der Waals surface area contributed by atoms with Gasteiger partial charge in [-0.1, -0.05) is 12.2 Å². The van der Waals surface area contributed by atoms with Crippen LogP contribution in [0.5, 0.6) is 5.75 Å². The van der Waals surface area contributed by atoms with E-state index in [0.717, 1.165) is 6.42 Å². The Morgan fingerprint density at radius 2 is 1.65 bits per heavy atom. The summed E-state index contributed by atoms with van der Waals surface area (Å²) >= 11 is 0. The molecule has 6 atom stereocenters. The van der Waals surface area contributed by atoms with Crippen LogP contribution in [0.3, 0.4) is 0 Å². The highest BCUT2D eigenvalue weighted by atomic mass is 16.5. The summed E-state index contributed by atoms with van der Waals surface area (Å²) in [4.78, 5) is 39.2. The summed E-state index contributed by atoms with van der Waals surface area (Å²) in [7, 11) is 1.57. The van der Waals surface area contributed by atoms with E-state index in [4.69, 9.17) is 4.74 Å². The van der Waals surface area contributed by atoms with Gasteiger partial charge in [0.25, 0.3) is 0 Å². The molecular weight excluding hydrogens is 332 g/mol. The van der Waals surface area contributed by atoms with Crippen LogP contribution in [0.2, 0.25) is 0 Å². The number of ether oxygens (including phenoxy) is 1. The van der Waals surface area contributed by atoms with Gasteiger partial charge in [0.1, 0.15) is 12.3 Å². The lowest BCUT2D eigenvalue weighted by molar-refractivity contribution is -0.142. The molecule has 0 unspecified atom stereocenters. The molecule has 0 radical (unpaired) electrons. The van der Waals surface area contributed by atoms with Crippen LogP contribution in [0.15, 0.2) is 36.4 Å². The molecule has 0 aromatic heterocycles. The first kappa shape index (κ1) is 15.6. The van der Waals surface area contributed by atoms with Crippen molar-refractivity contribution >= 4 is 23.4 Å². The van der Waals surface area contributed by atoms with Gasteiger partial charge in [0.15, 0.2) is 0 Å². The van der Waals surface area contributed by atoms with Crippen molar-refractivity contribution in [1.82, 2.24) is 4.90 Å². The summed E-state index contributed by atoms with van der Waals surface area (Å²) < 4.78 is 5.09. The number of anilines is 1. The smallest absolute Gasteiger partial charge is 0.244 e. The van der Waals surface area contributed by atoms with E-state index in [1.54, 1.807) is 31.4 Å². The number of rotatable bonds is 4. The van der Waals surface area contributed by atoms with Gasteiger partial charge >= 0.3 is 0 Å². The molecule has 134 valence electrons. The van der Waals surface area contributed by atoms with Gasteiger partial charge in [-0.3, -0.25) is 19.3 Å². The Morgan fingerprint density at radius 3 is 2.19 bits per heavy atom. The topological polar surface area (TPSA) is 75.7 Å². The van der Waals surface area contributed by atoms with Crippen molar-refractivity contribution in [2.45, 2.75) is 6.42 Å². The third kappa shape index (κ3) is 2.14. The third-order valence-electron chi connectivity index (χ3n) is 6.43. The normalized spacial score (nSPS) is 36.0. The van der Waals surface area contributed by atoms with Gasteiger partial charge in [-0.25, -0.2) is 0 Å². The second kappa shape index (κ2) is 5.43. The molecule has 1 heterocycles. The number of hydrogen-bond donors (Lipinski definition) is 1. The number of allylic oxidation sites excluding steroid dienone is 2. The number of methoxy groups -OCH3 is 1. The highest BCUT2D eigenvalue weighted by molar-refractivity contribution is 6.09. The molecule has 1 N–H and O–H groups in total. The first-order valence-corrected chi connectivity index (χ1v) is 9.06. The fourth-order valence-corrected chi connectivity index (χ4v) is 5.19. The molecule has 2 bridgehead atoms. The molecular formula is C20H20N2O4. The highest BCUT2D eigenvalue weighted by Gasteiger charge is 2.67. The zero-order valence-corrected chi connectivity index (χ0v) is 14.4. The van der Waals surface area contributed by atoms with E-state index >= 15 is 0 Å². The van der Waals surface area contributed by atoms with Crippen molar-refractivity contribution in [2.75, 3.05) is 19.0 Å². The molecule has 6 nitrogen and oxygen atoms in total. The Hall–Kier alpha value is -2.63. The summed E-state index contributed by atoms with van der Waals surface area (Å²) in [6.45, 7) is -0.217. The lowest BCUT2D eigenvalue weighted by Crippen LogP contribution is -2.40. The lowest BCUT2D eigenvalue weighted by Gasteiger charge is -2.37. The Bertz CT molecular complexity index is 795. The van der Waals surface area contributed by atoms with Gasteiger partial charge in [0.2, 0.25) is 17.7 Å². The lowest BCUT2D eigenvalue weighted by atomic mass is 9.63. The van der Waals surface area contributed by atoms with Crippen LogP contribution in [-0.2, 0) is 14.4 Å². The van der Waals surface area contributed by atoms with Crippen molar-refractivity contribution < 1.29 is 19.1 Å². The number of hydrogen-bond acceptors (Lipinski definition) is 4. The van der Waals surface area contributed by atoms with Crippen LogP contribution >= 0.6 is 0 Å². The Labute approximate surface area is 151 Å². The SMILES string of the molecule is COc1ccc(NC(=O)CN2C(=O)[C@@H]3[C@@H]4C=C[C@H]([C@H]5C[C@H]45)[C@@H]3C2=O)cc1. The maximum atomic E-state index is 12.9. The summed E-state index contributed by atoms with van der Waals surface area (Å²) in [5.74, 6) is 0.975. The second-order valence-electron chi connectivity index (χ2n) is 7.69. The third-order valence-corrected chi connectivity index (χ3v) is 6.43. The number of carbonyl (C=O) groups is 3. The Morgan fingerprint density at radius 1 is 1.08 bits per heavy atom. The van der Waals surface area contributed by atoms with Crippen LogP contribution in [0, 0.1) is 35.5 Å². The average Bonchev–Trinajstić information content (AvgIpc) is 3.43. The van der Waals surface area contributed by atoms with Crippen LogP contribution in [0.25, 0.3) is 0 Å². The highest BCUT2D eigenvalue weighted by Crippen LogP contribution is 2.65.